The lowest BCUT2D eigenvalue weighted by molar-refractivity contribution is -0.394. The third kappa shape index (κ3) is 10.5. The Bertz CT molecular complexity index is 1930. The smallest absolute Gasteiger partial charge is 0.187 e. The second-order valence-electron chi connectivity index (χ2n) is 24.0. The summed E-state index contributed by atoms with van der Waals surface area (Å²) in [6, 6.07) is 0. The lowest BCUT2D eigenvalue weighted by atomic mass is 9.47. The molecule has 75 heavy (non-hydrogen) atoms. The van der Waals surface area contributed by atoms with Crippen molar-refractivity contribution in [3.05, 3.63) is 11.6 Å². The Morgan fingerprint density at radius 1 is 0.640 bits per heavy atom. The summed E-state index contributed by atoms with van der Waals surface area (Å²) in [5.74, 6) is 0.765. The minimum atomic E-state index is -1.88. The number of rotatable bonds is 16. The van der Waals surface area contributed by atoms with Gasteiger partial charge in [0.05, 0.1) is 44.7 Å². The van der Waals surface area contributed by atoms with Crippen LogP contribution in [0.2, 0.25) is 0 Å². The Morgan fingerprint density at radius 2 is 1.21 bits per heavy atom. The molecule has 0 bridgehead atoms. The van der Waals surface area contributed by atoms with Crippen LogP contribution in [0.25, 0.3) is 0 Å². The molecule has 3 saturated carbocycles. The quantitative estimate of drug-likeness (QED) is 0.0720. The fraction of sp³-hybridized carbons (Fsp3) is 0.962. The van der Waals surface area contributed by atoms with Crippen LogP contribution >= 0.6 is 0 Å². The van der Waals surface area contributed by atoms with Gasteiger partial charge >= 0.3 is 0 Å². The predicted octanol–water partition coefficient (Wildman–Crippen LogP) is -2.35. The Kier molecular flexibility index (Phi) is 17.9. The first-order valence-corrected chi connectivity index (χ1v) is 27.3. The molecule has 4 aliphatic carbocycles. The van der Waals surface area contributed by atoms with E-state index in [1.807, 2.05) is 6.92 Å². The van der Waals surface area contributed by atoms with Crippen LogP contribution in [0.5, 0.6) is 0 Å². The van der Waals surface area contributed by atoms with Gasteiger partial charge in [-0.1, -0.05) is 39.3 Å². The van der Waals surface area contributed by atoms with Gasteiger partial charge in [0.1, 0.15) is 91.6 Å². The van der Waals surface area contributed by atoms with Crippen molar-refractivity contribution in [3.8, 4) is 0 Å². The summed E-state index contributed by atoms with van der Waals surface area (Å²) in [7, 11) is 1.71. The van der Waals surface area contributed by atoms with Crippen molar-refractivity contribution in [1.82, 2.24) is 0 Å². The van der Waals surface area contributed by atoms with E-state index in [4.69, 9.17) is 47.4 Å². The van der Waals surface area contributed by atoms with Gasteiger partial charge in [0, 0.05) is 19.4 Å². The minimum absolute atomic E-state index is 0.00228. The first kappa shape index (κ1) is 58.5. The third-order valence-electron chi connectivity index (χ3n) is 19.8. The molecule has 0 unspecified atom stereocenters. The summed E-state index contributed by atoms with van der Waals surface area (Å²) >= 11 is 0. The molecule has 5 heterocycles. The molecule has 13 N–H and O–H groups in total. The second-order valence-corrected chi connectivity index (χ2v) is 24.0. The topological polar surface area (TPSA) is 355 Å². The van der Waals surface area contributed by atoms with E-state index in [1.165, 1.54) is 12.5 Å². The minimum Gasteiger partial charge on any atom is -0.394 e. The maximum Gasteiger partial charge on any atom is 0.187 e. The molecule has 9 aliphatic rings. The fourth-order valence-electron chi connectivity index (χ4n) is 15.3. The monoisotopic (exact) mass is 1080 g/mol. The molecule has 9 rings (SSSR count). The van der Waals surface area contributed by atoms with Gasteiger partial charge in [-0.15, -0.1) is 0 Å². The van der Waals surface area contributed by atoms with Gasteiger partial charge in [-0.2, -0.15) is 0 Å². The maximum absolute atomic E-state index is 11.6. The number of allylic oxidation sites excluding steroid dienone is 1. The molecule has 0 aromatic heterocycles. The molecule has 5 aliphatic heterocycles. The van der Waals surface area contributed by atoms with Crippen LogP contribution in [-0.4, -0.2) is 241 Å². The molecule has 0 aromatic carbocycles. The van der Waals surface area contributed by atoms with Gasteiger partial charge in [-0.3, -0.25) is 0 Å². The summed E-state index contributed by atoms with van der Waals surface area (Å²) in [5.41, 5.74) is 1.11. The van der Waals surface area contributed by atoms with Crippen molar-refractivity contribution in [2.24, 2.45) is 46.3 Å². The molecule has 5 saturated heterocycles. The van der Waals surface area contributed by atoms with E-state index >= 15 is 0 Å². The average molecular weight is 1080 g/mol. The van der Waals surface area contributed by atoms with Gasteiger partial charge in [-0.05, 0) is 98.7 Å². The zero-order chi connectivity index (χ0) is 54.2. The molecule has 31 atom stereocenters. The number of aliphatic hydroxyl groups excluding tert-OH is 13. The van der Waals surface area contributed by atoms with Crippen molar-refractivity contribution in [2.75, 3.05) is 33.5 Å². The highest BCUT2D eigenvalue weighted by Crippen LogP contribution is 2.70. The number of ether oxygens (including phenoxy) is 10. The SMILES string of the molecule is CO[C@]1(CC[C@@H](C)CO[C@@H]2O[C@H](CO)[C@@H](O)[C@H](O)[C@H]2O)O[C@H]2C[C@@H]3[C@@H]4CC=C5C[C@@H](O[C@@H]6O[C@H](CO)[C@@H](O)[C@H](O[C@@H]7O[C@H](CO)[C@@H](O)[C@H](O)[C@H]7O)[C@H]6O[C@@H]6O[C@@H](C)[C@H](O)[C@@H](O)[C@H]6O)CC[C@]5(C)[C@H]4CC[C@]3(C)[C@H]2[C@@H]1C. The Morgan fingerprint density at radius 3 is 1.85 bits per heavy atom. The normalized spacial score (nSPS) is 54.3. The van der Waals surface area contributed by atoms with Crippen molar-refractivity contribution in [2.45, 2.75) is 233 Å². The molecule has 0 radical (unpaired) electrons. The number of aliphatic hydroxyl groups is 13. The lowest BCUT2D eigenvalue weighted by Gasteiger charge is -2.58. The van der Waals surface area contributed by atoms with E-state index in [-0.39, 0.29) is 41.3 Å². The van der Waals surface area contributed by atoms with Gasteiger partial charge in [0.2, 0.25) is 0 Å². The van der Waals surface area contributed by atoms with E-state index in [9.17, 15) is 66.4 Å². The van der Waals surface area contributed by atoms with Gasteiger partial charge in [0.15, 0.2) is 30.9 Å². The van der Waals surface area contributed by atoms with Crippen LogP contribution in [0.15, 0.2) is 11.6 Å². The largest absolute Gasteiger partial charge is 0.394 e. The zero-order valence-corrected chi connectivity index (χ0v) is 43.8. The summed E-state index contributed by atoms with van der Waals surface area (Å²) < 4.78 is 61.6. The van der Waals surface area contributed by atoms with E-state index in [0.29, 0.717) is 43.4 Å². The van der Waals surface area contributed by atoms with Crippen LogP contribution in [0.4, 0.5) is 0 Å². The molecule has 0 amide bonds. The number of methoxy groups -OCH3 is 1. The fourth-order valence-corrected chi connectivity index (χ4v) is 15.3. The molecule has 432 valence electrons. The Hall–Kier alpha value is -1.18. The molecular weight excluding hydrogens is 993 g/mol. The lowest BCUT2D eigenvalue weighted by Crippen LogP contribution is -2.67. The summed E-state index contributed by atoms with van der Waals surface area (Å²) in [4.78, 5) is 0. The molecule has 8 fully saturated rings. The molecule has 0 aromatic rings. The van der Waals surface area contributed by atoms with Crippen molar-refractivity contribution in [3.63, 3.8) is 0 Å². The van der Waals surface area contributed by atoms with E-state index in [0.717, 1.165) is 32.1 Å². The first-order valence-electron chi connectivity index (χ1n) is 27.3. The van der Waals surface area contributed by atoms with Crippen LogP contribution in [-0.2, 0) is 47.4 Å². The van der Waals surface area contributed by atoms with Crippen molar-refractivity contribution in [1.29, 1.82) is 0 Å². The van der Waals surface area contributed by atoms with Crippen molar-refractivity contribution >= 4 is 0 Å². The zero-order valence-electron chi connectivity index (χ0n) is 43.8. The van der Waals surface area contributed by atoms with E-state index in [2.05, 4.69) is 26.8 Å². The van der Waals surface area contributed by atoms with Gasteiger partial charge in [0.25, 0.3) is 0 Å². The van der Waals surface area contributed by atoms with Gasteiger partial charge in [-0.25, -0.2) is 0 Å². The number of fused-ring (bicyclic) bond motifs is 7. The van der Waals surface area contributed by atoms with E-state index in [1.54, 1.807) is 7.11 Å². The van der Waals surface area contributed by atoms with E-state index < -0.39 is 155 Å². The average Bonchev–Trinajstić information content (AvgIpc) is 3.92. The third-order valence-corrected chi connectivity index (χ3v) is 19.8. The number of hydrogen-bond acceptors (Lipinski definition) is 23. The summed E-state index contributed by atoms with van der Waals surface area (Å²) in [6.07, 6.45) is -21.5. The summed E-state index contributed by atoms with van der Waals surface area (Å²) in [5, 5.41) is 137. The Labute approximate surface area is 437 Å². The molecular formula is C52H86O23. The highest BCUT2D eigenvalue weighted by atomic mass is 16.8. The highest BCUT2D eigenvalue weighted by Gasteiger charge is 2.68. The predicted molar refractivity (Wildman–Crippen MR) is 255 cm³/mol. The van der Waals surface area contributed by atoms with Crippen molar-refractivity contribution < 1.29 is 114 Å². The van der Waals surface area contributed by atoms with Crippen LogP contribution in [0.3, 0.4) is 0 Å². The molecule has 0 spiro atoms. The standard InChI is InChI=1S/C52H86O23/c1-21(20-67-46-41(63)39(61)35(57)30(17-53)70-46)9-14-52(66-6)22(2)33-29(75-52)16-28-26-8-7-24-15-25(10-12-50(24,4)27(26)11-13-51(28,33)5)69-49-45(74-47-42(64)38(60)34(56)23(3)68-47)44(37(59)32(19-55)72-49)73-48-43(65)40(62)36(58)31(18-54)71-48/h7,21-23,25-49,53-65H,8-20H2,1-6H3/t21-,22+,23+,25+,26-,27+,28-,29+,30-,31-,32-,33+,34+,35-,36-,37-,38-,39+,40+,41-,42-,43-,44+,45-,46-,47+,48+,49-,50+,51+,52-/m1/s1. The molecule has 23 heteroatoms. The molecule has 23 nitrogen and oxygen atoms in total. The first-order chi connectivity index (χ1) is 35.6. The van der Waals surface area contributed by atoms with Crippen LogP contribution in [0.1, 0.15) is 92.4 Å². The maximum atomic E-state index is 11.6. The highest BCUT2D eigenvalue weighted by molar-refractivity contribution is 5.26. The van der Waals surface area contributed by atoms with Crippen LogP contribution in [0, 0.1) is 46.3 Å². The second kappa shape index (κ2) is 23.0. The van der Waals surface area contributed by atoms with Crippen LogP contribution < -0.4 is 0 Å². The van der Waals surface area contributed by atoms with Gasteiger partial charge < -0.3 is 114 Å². The number of hydrogen-bond donors (Lipinski definition) is 13. The summed E-state index contributed by atoms with van der Waals surface area (Å²) in [6.45, 7) is 8.74. The Balaban J connectivity index is 0.871.